The van der Waals surface area contributed by atoms with E-state index in [2.05, 4.69) is 62.2 Å². The molecule has 0 aliphatic carbocycles. The van der Waals surface area contributed by atoms with Crippen LogP contribution in [0.3, 0.4) is 0 Å². The van der Waals surface area contributed by atoms with Crippen LogP contribution in [-0.2, 0) is 33.2 Å². The summed E-state index contributed by atoms with van der Waals surface area (Å²) in [4.78, 5) is 23.0. The van der Waals surface area contributed by atoms with E-state index in [1.807, 2.05) is 38.3 Å². The summed E-state index contributed by atoms with van der Waals surface area (Å²) in [5.74, 6) is -0.309. The van der Waals surface area contributed by atoms with Crippen LogP contribution in [0.4, 0.5) is 17.6 Å². The van der Waals surface area contributed by atoms with Crippen molar-refractivity contribution in [3.05, 3.63) is 87.3 Å². The van der Waals surface area contributed by atoms with Gasteiger partial charge in [0.1, 0.15) is 28.4 Å². The molecule has 294 valence electrons. The second-order valence-electron chi connectivity index (χ2n) is 16.2. The maximum atomic E-state index is 14.7. The van der Waals surface area contributed by atoms with Crippen molar-refractivity contribution < 1.29 is 26.9 Å². The Morgan fingerprint density at radius 3 is 1.61 bits per heavy atom. The minimum Gasteiger partial charge on any atom is -0.399 e. The van der Waals surface area contributed by atoms with E-state index in [9.17, 15) is 17.6 Å². The molecule has 2 aromatic carbocycles. The highest BCUT2D eigenvalue weighted by Crippen LogP contribution is 2.40. The smallest absolute Gasteiger partial charge is 0.399 e. The quantitative estimate of drug-likeness (QED) is 0.0737. The third-order valence-electron chi connectivity index (χ3n) is 10.9. The average Bonchev–Trinajstić information content (AvgIpc) is 3.88. The van der Waals surface area contributed by atoms with Gasteiger partial charge in [-0.15, -0.1) is 0 Å². The molecule has 1 saturated heterocycles. The first-order valence-electron chi connectivity index (χ1n) is 17.9. The van der Waals surface area contributed by atoms with Crippen LogP contribution in [-0.4, -0.2) is 57.4 Å². The topological polar surface area (TPSA) is 106 Å². The van der Waals surface area contributed by atoms with Crippen LogP contribution < -0.4 is 5.46 Å². The van der Waals surface area contributed by atoms with Gasteiger partial charge in [-0.05, 0) is 121 Å². The zero-order chi connectivity index (χ0) is 40.7. The molecule has 0 unspecified atom stereocenters. The maximum absolute atomic E-state index is 14.7. The summed E-state index contributed by atoms with van der Waals surface area (Å²) >= 11 is 16.2. The van der Waals surface area contributed by atoms with E-state index in [0.29, 0.717) is 27.6 Å². The fraction of sp³-hybridized carbons (Fsp3) is 0.421. The molecule has 0 radical (unpaired) electrons. The SMILES string of the molecule is CC1(C)CCc2nc3c(F)cc(-c4nc(Cl)ncc4F)cc3n21.CC1(C)CCc2nc3c(F)cc(B4OC(C)(C)C(C)(C)O4)cc3n21.Fc1cnc(Cl)nc1Cl. The standard InChI is InChI=1S/C18H24BFN2O2.C16H13ClF2N4.C4HCl2FN2/c1-16(2)8-7-14-21-15-12(20)9-11(10-13(15)22(14)16)19-23-17(3,4)18(5,6)24-19;1-16(2)4-3-12-21-14-9(18)5-8(6-11(14)23(12)16)13-10(19)7-20-15(17)22-13;5-3-2(7)1-8-4(6)9-3/h9-10H,7-8H2,1-6H3;5-7H,3-4H2,1-2H3;1H. The van der Waals surface area contributed by atoms with Gasteiger partial charge >= 0.3 is 7.12 Å². The number of hydrogen-bond donors (Lipinski definition) is 0. The van der Waals surface area contributed by atoms with Gasteiger partial charge in [0.05, 0.1) is 34.6 Å². The predicted molar refractivity (Wildman–Crippen MR) is 208 cm³/mol. The second-order valence-corrected chi connectivity index (χ2v) is 17.3. The van der Waals surface area contributed by atoms with Gasteiger partial charge in [0.2, 0.25) is 10.6 Å². The number of hydrogen-bond acceptors (Lipinski definition) is 8. The number of benzene rings is 2. The number of nitrogens with zero attached hydrogens (tertiary/aromatic N) is 8. The molecule has 56 heavy (non-hydrogen) atoms. The Balaban J connectivity index is 0.000000141. The lowest BCUT2D eigenvalue weighted by atomic mass is 9.79. The Morgan fingerprint density at radius 1 is 0.607 bits per heavy atom. The fourth-order valence-corrected chi connectivity index (χ4v) is 7.70. The lowest BCUT2D eigenvalue weighted by Crippen LogP contribution is -2.41. The van der Waals surface area contributed by atoms with Crippen LogP contribution in [0.25, 0.3) is 33.3 Å². The van der Waals surface area contributed by atoms with Crippen LogP contribution in [0.15, 0.2) is 36.7 Å². The van der Waals surface area contributed by atoms with Crippen LogP contribution in [0, 0.1) is 23.3 Å². The van der Waals surface area contributed by atoms with E-state index in [4.69, 9.17) is 44.1 Å². The highest BCUT2D eigenvalue weighted by Gasteiger charge is 2.52. The number of rotatable bonds is 2. The van der Waals surface area contributed by atoms with E-state index in [1.54, 1.807) is 6.07 Å². The molecule has 0 spiro atoms. The monoisotopic (exact) mass is 830 g/mol. The molecule has 6 aromatic rings. The van der Waals surface area contributed by atoms with Gasteiger partial charge in [0.25, 0.3) is 0 Å². The van der Waals surface area contributed by atoms with Crippen molar-refractivity contribution >= 4 is 69.5 Å². The van der Waals surface area contributed by atoms with E-state index in [0.717, 1.165) is 55.2 Å². The van der Waals surface area contributed by atoms with Crippen LogP contribution in [0.2, 0.25) is 15.7 Å². The molecular formula is C38H38BCl3F4N8O2. The van der Waals surface area contributed by atoms with Crippen molar-refractivity contribution in [2.45, 2.75) is 103 Å². The molecule has 18 heteroatoms. The van der Waals surface area contributed by atoms with Crippen LogP contribution in [0.1, 0.15) is 79.9 Å². The Bertz CT molecular complexity index is 2510. The summed E-state index contributed by atoms with van der Waals surface area (Å²) in [7, 11) is -0.565. The van der Waals surface area contributed by atoms with Crippen molar-refractivity contribution in [2.75, 3.05) is 0 Å². The summed E-state index contributed by atoms with van der Waals surface area (Å²) in [5, 5.41) is -0.392. The molecule has 7 heterocycles. The Morgan fingerprint density at radius 2 is 1.09 bits per heavy atom. The molecule has 0 atom stereocenters. The average molecular weight is 832 g/mol. The summed E-state index contributed by atoms with van der Waals surface area (Å²) in [6.45, 7) is 16.5. The van der Waals surface area contributed by atoms with Gasteiger partial charge in [-0.2, -0.15) is 0 Å². The lowest BCUT2D eigenvalue weighted by Gasteiger charge is -2.32. The molecule has 9 rings (SSSR count). The Kier molecular flexibility index (Phi) is 10.2. The molecule has 10 nitrogen and oxygen atoms in total. The van der Waals surface area contributed by atoms with Gasteiger partial charge in [-0.3, -0.25) is 0 Å². The number of halogens is 7. The highest BCUT2D eigenvalue weighted by atomic mass is 35.5. The molecule has 0 N–H and O–H groups in total. The first kappa shape index (κ1) is 40.3. The normalized spacial score (nSPS) is 18.4. The van der Waals surface area contributed by atoms with Gasteiger partial charge in [0.15, 0.2) is 28.4 Å². The number of aryl methyl sites for hydroxylation is 2. The summed E-state index contributed by atoms with van der Waals surface area (Å²) < 4.78 is 71.8. The zero-order valence-electron chi connectivity index (χ0n) is 31.9. The molecule has 0 amide bonds. The van der Waals surface area contributed by atoms with Gasteiger partial charge in [-0.1, -0.05) is 11.6 Å². The van der Waals surface area contributed by atoms with Gasteiger partial charge in [-0.25, -0.2) is 47.5 Å². The molecule has 1 fully saturated rings. The van der Waals surface area contributed by atoms with E-state index in [-0.39, 0.29) is 38.3 Å². The fourth-order valence-electron chi connectivity index (χ4n) is 7.26. The van der Waals surface area contributed by atoms with Crippen LogP contribution >= 0.6 is 34.8 Å². The van der Waals surface area contributed by atoms with E-state index >= 15 is 0 Å². The maximum Gasteiger partial charge on any atom is 0.495 e. The number of aromatic nitrogens is 8. The summed E-state index contributed by atoms with van der Waals surface area (Å²) in [5.41, 5.74) is 2.15. The molecular weight excluding hydrogens is 794 g/mol. The van der Waals surface area contributed by atoms with Gasteiger partial charge in [0, 0.05) is 29.5 Å². The Labute approximate surface area is 336 Å². The minimum atomic E-state index is -0.666. The van der Waals surface area contributed by atoms with Gasteiger partial charge < -0.3 is 18.4 Å². The molecule has 0 saturated carbocycles. The molecule has 3 aliphatic rings. The van der Waals surface area contributed by atoms with Crippen molar-refractivity contribution in [1.82, 2.24) is 39.0 Å². The molecule has 0 bridgehead atoms. The van der Waals surface area contributed by atoms with E-state index in [1.165, 1.54) is 12.1 Å². The predicted octanol–water partition coefficient (Wildman–Crippen LogP) is 9.18. The first-order chi connectivity index (χ1) is 26.1. The first-order valence-corrected chi connectivity index (χ1v) is 19.0. The third-order valence-corrected chi connectivity index (χ3v) is 11.5. The zero-order valence-corrected chi connectivity index (χ0v) is 34.2. The van der Waals surface area contributed by atoms with Crippen molar-refractivity contribution in [2.24, 2.45) is 0 Å². The van der Waals surface area contributed by atoms with Crippen LogP contribution in [0.5, 0.6) is 0 Å². The van der Waals surface area contributed by atoms with Crippen molar-refractivity contribution in [1.29, 1.82) is 0 Å². The lowest BCUT2D eigenvalue weighted by molar-refractivity contribution is 0.00578. The summed E-state index contributed by atoms with van der Waals surface area (Å²) in [6.07, 6.45) is 5.53. The molecule has 4 aromatic heterocycles. The van der Waals surface area contributed by atoms with E-state index < -0.39 is 35.8 Å². The number of fused-ring (bicyclic) bond motifs is 6. The second kappa shape index (κ2) is 14.2. The Hall–Kier alpha value is -3.89. The summed E-state index contributed by atoms with van der Waals surface area (Å²) in [6, 6.07) is 6.42. The highest BCUT2D eigenvalue weighted by molar-refractivity contribution is 6.62. The molecule has 3 aliphatic heterocycles. The largest absolute Gasteiger partial charge is 0.495 e. The third kappa shape index (κ3) is 7.25. The minimum absolute atomic E-state index is 0.0165. The van der Waals surface area contributed by atoms with Crippen molar-refractivity contribution in [3.8, 4) is 11.3 Å². The van der Waals surface area contributed by atoms with Crippen molar-refractivity contribution in [3.63, 3.8) is 0 Å². The number of imidazole rings is 2.